The topological polar surface area (TPSA) is 3.24 Å². The number of benzene rings is 5. The number of hydrogen-bond donors (Lipinski definition) is 0. The molecule has 1 nitrogen and oxygen atoms in total. The van der Waals surface area contributed by atoms with Crippen LogP contribution in [0.25, 0.3) is 22.3 Å². The summed E-state index contributed by atoms with van der Waals surface area (Å²) in [6.45, 7) is 26.8. The van der Waals surface area contributed by atoms with Crippen LogP contribution in [0.4, 0.5) is 17.1 Å². The Bertz CT molecular complexity index is 2190. The number of hydrogen-bond acceptors (Lipinski definition) is 1. The summed E-state index contributed by atoms with van der Waals surface area (Å²) in [6, 6.07) is 37.6. The number of nitrogens with zero attached hydrogens (tertiary/aromatic N) is 1. The molecular formula is C50H57N. The predicted molar refractivity (Wildman–Crippen MR) is 219 cm³/mol. The molecule has 0 saturated heterocycles. The number of anilines is 3. The van der Waals surface area contributed by atoms with Crippen LogP contribution in [0, 0.1) is 6.92 Å². The van der Waals surface area contributed by atoms with Gasteiger partial charge in [0.25, 0.3) is 0 Å². The van der Waals surface area contributed by atoms with Gasteiger partial charge in [0, 0.05) is 22.4 Å². The van der Waals surface area contributed by atoms with Gasteiger partial charge in [-0.05, 0) is 146 Å². The highest BCUT2D eigenvalue weighted by atomic mass is 15.1. The fraction of sp³-hybridized carbons (Fsp3) is 0.400. The van der Waals surface area contributed by atoms with E-state index in [1.165, 1.54) is 98.4 Å². The average molecular weight is 672 g/mol. The third kappa shape index (κ3) is 5.16. The molecule has 0 spiro atoms. The van der Waals surface area contributed by atoms with Crippen molar-refractivity contribution in [2.24, 2.45) is 0 Å². The van der Waals surface area contributed by atoms with Crippen molar-refractivity contribution in [2.75, 3.05) is 4.90 Å². The average Bonchev–Trinajstić information content (AvgIpc) is 3.31. The van der Waals surface area contributed by atoms with Crippen molar-refractivity contribution in [3.8, 4) is 22.3 Å². The lowest BCUT2D eigenvalue weighted by Gasteiger charge is -2.43. The molecule has 3 aliphatic rings. The van der Waals surface area contributed by atoms with Gasteiger partial charge in [-0.15, -0.1) is 0 Å². The summed E-state index contributed by atoms with van der Waals surface area (Å²) in [5.74, 6) is 0. The molecule has 0 amide bonds. The highest BCUT2D eigenvalue weighted by Gasteiger charge is 2.41. The zero-order valence-corrected chi connectivity index (χ0v) is 33.0. The van der Waals surface area contributed by atoms with Crippen molar-refractivity contribution in [1.82, 2.24) is 0 Å². The van der Waals surface area contributed by atoms with Crippen molar-refractivity contribution in [1.29, 1.82) is 0 Å². The molecule has 0 fully saturated rings. The molecule has 0 saturated carbocycles. The van der Waals surface area contributed by atoms with E-state index in [1.54, 1.807) is 5.56 Å². The molecule has 262 valence electrons. The molecule has 0 unspecified atom stereocenters. The van der Waals surface area contributed by atoms with E-state index in [2.05, 4.69) is 178 Å². The van der Waals surface area contributed by atoms with Gasteiger partial charge in [-0.25, -0.2) is 0 Å². The van der Waals surface area contributed by atoms with Gasteiger partial charge in [0.05, 0.1) is 5.69 Å². The SMILES string of the molecule is Cc1c(-c2cc3c(cc2N(c2ccccc2)c2ccc4c(c2)C(C)(C)CCC4(C)C)C(C)(C)c2ccccc2-3)ccc2c1C(C)(C)CCC2(C)C. The number of rotatable bonds is 4. The van der Waals surface area contributed by atoms with Crippen LogP contribution in [0.3, 0.4) is 0 Å². The summed E-state index contributed by atoms with van der Waals surface area (Å²) < 4.78 is 0. The quantitative estimate of drug-likeness (QED) is 0.184. The van der Waals surface area contributed by atoms with Gasteiger partial charge in [0.15, 0.2) is 0 Å². The molecule has 1 heteroatoms. The van der Waals surface area contributed by atoms with E-state index in [0.29, 0.717) is 0 Å². The van der Waals surface area contributed by atoms with Crippen LogP contribution in [-0.4, -0.2) is 0 Å². The van der Waals surface area contributed by atoms with E-state index in [4.69, 9.17) is 0 Å². The van der Waals surface area contributed by atoms with Gasteiger partial charge >= 0.3 is 0 Å². The molecule has 0 heterocycles. The minimum Gasteiger partial charge on any atom is -0.310 e. The molecular weight excluding hydrogens is 615 g/mol. The zero-order chi connectivity index (χ0) is 36.3. The Morgan fingerprint density at radius 3 is 1.71 bits per heavy atom. The highest BCUT2D eigenvalue weighted by Crippen LogP contribution is 2.56. The molecule has 0 N–H and O–H groups in total. The fourth-order valence-electron chi connectivity index (χ4n) is 10.2. The minimum absolute atomic E-state index is 0.111. The van der Waals surface area contributed by atoms with Crippen LogP contribution in [0.5, 0.6) is 0 Å². The van der Waals surface area contributed by atoms with Gasteiger partial charge in [0.1, 0.15) is 0 Å². The maximum absolute atomic E-state index is 2.57. The van der Waals surface area contributed by atoms with Crippen molar-refractivity contribution >= 4 is 17.1 Å². The summed E-state index contributed by atoms with van der Waals surface area (Å²) in [7, 11) is 0. The molecule has 0 atom stereocenters. The predicted octanol–water partition coefficient (Wildman–Crippen LogP) is 14.1. The van der Waals surface area contributed by atoms with Crippen molar-refractivity contribution in [3.63, 3.8) is 0 Å². The largest absolute Gasteiger partial charge is 0.310 e. The minimum atomic E-state index is -0.111. The zero-order valence-electron chi connectivity index (χ0n) is 33.0. The van der Waals surface area contributed by atoms with Crippen LogP contribution in [0.2, 0.25) is 0 Å². The maximum atomic E-state index is 2.57. The third-order valence-corrected chi connectivity index (χ3v) is 13.6. The van der Waals surface area contributed by atoms with Gasteiger partial charge in [-0.1, -0.05) is 130 Å². The third-order valence-electron chi connectivity index (χ3n) is 13.6. The first-order valence-corrected chi connectivity index (χ1v) is 19.4. The lowest BCUT2D eigenvalue weighted by molar-refractivity contribution is 0.330. The molecule has 0 radical (unpaired) electrons. The van der Waals surface area contributed by atoms with Crippen LogP contribution in [0.15, 0.2) is 97.1 Å². The second kappa shape index (κ2) is 11.2. The standard InChI is InChI=1S/C50H57N/c1-32-35(22-24-41-45(32)49(8,9)28-27-47(41,4)5)38-30-37-36-19-15-16-20-39(36)50(10,11)42(37)31-44(38)51(33-17-13-12-14-18-33)34-21-23-40-43(29-34)48(6,7)26-25-46(40,2)3/h12-24,29-31H,25-28H2,1-11H3. The van der Waals surface area contributed by atoms with E-state index >= 15 is 0 Å². The Kier molecular flexibility index (Phi) is 7.47. The van der Waals surface area contributed by atoms with E-state index in [0.717, 1.165) is 0 Å². The number of para-hydroxylation sites is 1. The van der Waals surface area contributed by atoms with Crippen LogP contribution in [0.1, 0.15) is 134 Å². The Balaban J connectivity index is 1.46. The fourth-order valence-corrected chi connectivity index (χ4v) is 10.2. The molecule has 0 bridgehead atoms. The summed E-state index contributed by atoms with van der Waals surface area (Å²) in [5.41, 5.74) is 19.8. The van der Waals surface area contributed by atoms with Crippen LogP contribution >= 0.6 is 0 Å². The lowest BCUT2D eigenvalue weighted by atomic mass is 9.61. The first-order chi connectivity index (χ1) is 23.9. The van der Waals surface area contributed by atoms with E-state index in [-0.39, 0.29) is 27.1 Å². The maximum Gasteiger partial charge on any atom is 0.0543 e. The van der Waals surface area contributed by atoms with Crippen molar-refractivity contribution < 1.29 is 0 Å². The molecule has 51 heavy (non-hydrogen) atoms. The molecule has 0 aromatic heterocycles. The summed E-state index contributed by atoms with van der Waals surface area (Å²) in [4.78, 5) is 2.57. The summed E-state index contributed by atoms with van der Waals surface area (Å²) in [5, 5.41) is 0. The Hall–Kier alpha value is -4.10. The smallest absolute Gasteiger partial charge is 0.0543 e. The highest BCUT2D eigenvalue weighted by molar-refractivity contribution is 5.95. The van der Waals surface area contributed by atoms with Gasteiger partial charge < -0.3 is 4.90 Å². The van der Waals surface area contributed by atoms with Gasteiger partial charge in [-0.3, -0.25) is 0 Å². The Morgan fingerprint density at radius 1 is 0.412 bits per heavy atom. The molecule has 3 aliphatic carbocycles. The molecule has 8 rings (SSSR count). The number of fused-ring (bicyclic) bond motifs is 5. The molecule has 5 aromatic rings. The van der Waals surface area contributed by atoms with E-state index in [9.17, 15) is 0 Å². The monoisotopic (exact) mass is 671 g/mol. The van der Waals surface area contributed by atoms with Crippen LogP contribution in [-0.2, 0) is 27.1 Å². The van der Waals surface area contributed by atoms with Crippen molar-refractivity contribution in [2.45, 2.75) is 129 Å². The second-order valence-electron chi connectivity index (χ2n) is 19.2. The Morgan fingerprint density at radius 2 is 1.00 bits per heavy atom. The van der Waals surface area contributed by atoms with E-state index in [1.807, 2.05) is 0 Å². The van der Waals surface area contributed by atoms with E-state index < -0.39 is 0 Å². The van der Waals surface area contributed by atoms with Gasteiger partial charge in [0.2, 0.25) is 0 Å². The molecule has 5 aromatic carbocycles. The Labute approximate surface area is 308 Å². The molecule has 0 aliphatic heterocycles. The first kappa shape index (κ1) is 34.0. The summed E-state index contributed by atoms with van der Waals surface area (Å²) >= 11 is 0. The summed E-state index contributed by atoms with van der Waals surface area (Å²) in [6.07, 6.45) is 4.82. The first-order valence-electron chi connectivity index (χ1n) is 19.4. The van der Waals surface area contributed by atoms with Crippen molar-refractivity contribution in [3.05, 3.63) is 136 Å². The van der Waals surface area contributed by atoms with Crippen LogP contribution < -0.4 is 4.90 Å². The second-order valence-corrected chi connectivity index (χ2v) is 19.2. The van der Waals surface area contributed by atoms with Gasteiger partial charge in [-0.2, -0.15) is 0 Å². The normalized spacial score (nSPS) is 19.7. The lowest BCUT2D eigenvalue weighted by Crippen LogP contribution is -2.34.